The maximum Gasteiger partial charge on any atom is 0.317 e. The van der Waals surface area contributed by atoms with Crippen molar-refractivity contribution in [3.05, 3.63) is 12.2 Å². The molecule has 0 aromatic rings. The fraction of sp³-hybridized carbons (Fsp3) is 0.864. The van der Waals surface area contributed by atoms with Gasteiger partial charge in [-0.1, -0.05) is 20.4 Å². The molecule has 6 heteroatoms. The van der Waals surface area contributed by atoms with Crippen LogP contribution < -0.4 is 0 Å². The summed E-state index contributed by atoms with van der Waals surface area (Å²) in [5.41, 5.74) is -1.17. The Morgan fingerprint density at radius 1 is 1.25 bits per heavy atom. The molecule has 0 aromatic heterocycles. The molecule has 5 fully saturated rings. The normalized spacial score (nSPS) is 54.0. The third kappa shape index (κ3) is 1.96. The van der Waals surface area contributed by atoms with E-state index in [1.54, 1.807) is 0 Å². The molecular weight excluding hydrogens is 360 g/mol. The fourth-order valence-corrected chi connectivity index (χ4v) is 7.76. The molecule has 0 amide bonds. The second-order valence-electron chi connectivity index (χ2n) is 10.3. The summed E-state index contributed by atoms with van der Waals surface area (Å²) >= 11 is 0. The van der Waals surface area contributed by atoms with Gasteiger partial charge in [-0.15, -0.1) is 0 Å². The molecule has 9 atom stereocenters. The Morgan fingerprint density at radius 2 is 2.00 bits per heavy atom. The van der Waals surface area contributed by atoms with Gasteiger partial charge in [-0.05, 0) is 61.9 Å². The molecule has 0 unspecified atom stereocenters. The van der Waals surface area contributed by atoms with Crippen LogP contribution in [0.2, 0.25) is 0 Å². The molecule has 2 saturated heterocycles. The van der Waals surface area contributed by atoms with Gasteiger partial charge in [0.15, 0.2) is 6.29 Å². The summed E-state index contributed by atoms with van der Waals surface area (Å²) in [6.45, 7) is 10.9. The van der Waals surface area contributed by atoms with Crippen LogP contribution in [-0.4, -0.2) is 47.6 Å². The lowest BCUT2D eigenvalue weighted by Crippen LogP contribution is -2.69. The lowest BCUT2D eigenvalue weighted by Gasteiger charge is -2.62. The van der Waals surface area contributed by atoms with E-state index in [2.05, 4.69) is 20.4 Å². The van der Waals surface area contributed by atoms with Crippen molar-refractivity contribution in [1.29, 1.82) is 0 Å². The fourth-order valence-electron chi connectivity index (χ4n) is 7.76. The van der Waals surface area contributed by atoms with Crippen molar-refractivity contribution >= 4 is 5.97 Å². The van der Waals surface area contributed by atoms with Gasteiger partial charge in [-0.25, -0.2) is 0 Å². The highest BCUT2D eigenvalue weighted by Gasteiger charge is 2.80. The lowest BCUT2D eigenvalue weighted by atomic mass is 9.43. The standard InChI is InChI=1S/C22H32O6/c1-5-26-17-15-20(3,4)9-8-14(23)22(15)13-7-6-12-10-21(13,16(24)11(12)2)18(25)28-19(22)27-17/h12-17,19,23-24H,2,5-10H2,1,3-4H3/t12-,13+,14+,15-,16-,17+,19+,21+,22+/m1/s1. The highest BCUT2D eigenvalue weighted by molar-refractivity contribution is 5.81. The van der Waals surface area contributed by atoms with Gasteiger partial charge in [0.1, 0.15) is 5.41 Å². The van der Waals surface area contributed by atoms with Crippen LogP contribution in [0.15, 0.2) is 12.2 Å². The first-order valence-corrected chi connectivity index (χ1v) is 10.7. The quantitative estimate of drug-likeness (QED) is 0.554. The molecule has 5 rings (SSSR count). The van der Waals surface area contributed by atoms with Gasteiger partial charge in [0.05, 0.1) is 17.6 Å². The molecule has 2 bridgehead atoms. The van der Waals surface area contributed by atoms with Crippen LogP contribution in [-0.2, 0) is 19.0 Å². The number of esters is 1. The molecule has 3 aliphatic carbocycles. The second kappa shape index (κ2) is 5.81. The van der Waals surface area contributed by atoms with Gasteiger partial charge in [-0.3, -0.25) is 4.79 Å². The highest BCUT2D eigenvalue weighted by Crippen LogP contribution is 2.73. The molecule has 28 heavy (non-hydrogen) atoms. The number of fused-ring (bicyclic) bond motifs is 1. The molecule has 0 radical (unpaired) electrons. The van der Waals surface area contributed by atoms with Crippen molar-refractivity contribution in [2.24, 2.45) is 34.0 Å². The Bertz CT molecular complexity index is 718. The lowest BCUT2D eigenvalue weighted by molar-refractivity contribution is -0.289. The maximum atomic E-state index is 13.3. The number of carbonyl (C=O) groups excluding carboxylic acids is 1. The van der Waals surface area contributed by atoms with E-state index in [4.69, 9.17) is 14.2 Å². The summed E-state index contributed by atoms with van der Waals surface area (Å²) < 4.78 is 18.1. The summed E-state index contributed by atoms with van der Waals surface area (Å²) in [4.78, 5) is 13.3. The van der Waals surface area contributed by atoms with E-state index in [9.17, 15) is 15.0 Å². The number of hydrogen-bond acceptors (Lipinski definition) is 6. The molecule has 2 heterocycles. The third-order valence-corrected chi connectivity index (χ3v) is 8.86. The van der Waals surface area contributed by atoms with Crippen molar-refractivity contribution in [1.82, 2.24) is 0 Å². The predicted molar refractivity (Wildman–Crippen MR) is 99.7 cm³/mol. The number of ether oxygens (including phenoxy) is 3. The van der Waals surface area contributed by atoms with E-state index in [0.717, 1.165) is 24.8 Å². The van der Waals surface area contributed by atoms with Gasteiger partial charge < -0.3 is 24.4 Å². The van der Waals surface area contributed by atoms with E-state index >= 15 is 0 Å². The monoisotopic (exact) mass is 392 g/mol. The van der Waals surface area contributed by atoms with Gasteiger partial charge >= 0.3 is 5.97 Å². The van der Waals surface area contributed by atoms with Crippen LogP contribution in [0.25, 0.3) is 0 Å². The molecular formula is C22H32O6. The molecule has 2 N–H and O–H groups in total. The minimum Gasteiger partial charge on any atom is -0.434 e. The molecule has 3 saturated carbocycles. The van der Waals surface area contributed by atoms with E-state index in [1.807, 2.05) is 6.92 Å². The molecule has 6 nitrogen and oxygen atoms in total. The minimum atomic E-state index is -1.02. The molecule has 156 valence electrons. The number of hydrogen-bond donors (Lipinski definition) is 2. The Balaban J connectivity index is 1.71. The van der Waals surface area contributed by atoms with E-state index in [0.29, 0.717) is 19.4 Å². The zero-order chi connectivity index (χ0) is 20.1. The summed E-state index contributed by atoms with van der Waals surface area (Å²) in [5.74, 6) is -0.567. The summed E-state index contributed by atoms with van der Waals surface area (Å²) in [7, 11) is 0. The van der Waals surface area contributed by atoms with Crippen molar-refractivity contribution in [2.45, 2.75) is 77.7 Å². The van der Waals surface area contributed by atoms with Crippen molar-refractivity contribution < 1.29 is 29.2 Å². The average Bonchev–Trinajstić information content (AvgIpc) is 3.08. The maximum absolute atomic E-state index is 13.3. The predicted octanol–water partition coefficient (Wildman–Crippen LogP) is 2.38. The molecule has 2 spiro atoms. The third-order valence-electron chi connectivity index (χ3n) is 8.86. The van der Waals surface area contributed by atoms with Gasteiger partial charge in [0.2, 0.25) is 6.29 Å². The van der Waals surface area contributed by atoms with Crippen LogP contribution in [0, 0.1) is 34.0 Å². The van der Waals surface area contributed by atoms with Crippen LogP contribution in [0.1, 0.15) is 52.9 Å². The Kier molecular flexibility index (Phi) is 3.95. The first-order chi connectivity index (χ1) is 13.2. The topological polar surface area (TPSA) is 85.2 Å². The zero-order valence-electron chi connectivity index (χ0n) is 17.0. The van der Waals surface area contributed by atoms with Gasteiger partial charge in [0, 0.05) is 12.5 Å². The van der Waals surface area contributed by atoms with Crippen LogP contribution in [0.3, 0.4) is 0 Å². The van der Waals surface area contributed by atoms with Crippen LogP contribution >= 0.6 is 0 Å². The average molecular weight is 392 g/mol. The zero-order valence-corrected chi connectivity index (χ0v) is 17.0. The van der Waals surface area contributed by atoms with Crippen molar-refractivity contribution in [3.63, 3.8) is 0 Å². The second-order valence-corrected chi connectivity index (χ2v) is 10.3. The van der Waals surface area contributed by atoms with Gasteiger partial charge in [-0.2, -0.15) is 0 Å². The Hall–Kier alpha value is -0.950. The first-order valence-electron chi connectivity index (χ1n) is 10.7. The SMILES string of the molecule is C=C1[C@@H]2CC[C@H]3[C@](C2)(C(=O)O[C@@H]2O[C@H](OCC)[C@@H]4C(C)(C)CC[C@H](O)[C@]243)[C@@H]1O. The Morgan fingerprint density at radius 3 is 2.71 bits per heavy atom. The number of aliphatic hydroxyl groups is 2. The van der Waals surface area contributed by atoms with Crippen molar-refractivity contribution in [3.8, 4) is 0 Å². The molecule has 0 aromatic carbocycles. The van der Waals surface area contributed by atoms with E-state index in [1.165, 1.54) is 0 Å². The van der Waals surface area contributed by atoms with Crippen LogP contribution in [0.4, 0.5) is 0 Å². The molecule has 2 aliphatic heterocycles. The van der Waals surface area contributed by atoms with Gasteiger partial charge in [0.25, 0.3) is 0 Å². The number of carbonyl (C=O) groups is 1. The first kappa shape index (κ1) is 19.0. The number of aliphatic hydroxyl groups excluding tert-OH is 2. The van der Waals surface area contributed by atoms with Crippen molar-refractivity contribution in [2.75, 3.05) is 6.61 Å². The Labute approximate surface area is 166 Å². The minimum absolute atomic E-state index is 0.110. The summed E-state index contributed by atoms with van der Waals surface area (Å²) in [5, 5.41) is 22.6. The summed E-state index contributed by atoms with van der Waals surface area (Å²) in [6, 6.07) is 0. The van der Waals surface area contributed by atoms with E-state index in [-0.39, 0.29) is 23.2 Å². The largest absolute Gasteiger partial charge is 0.434 e. The van der Waals surface area contributed by atoms with Crippen LogP contribution in [0.5, 0.6) is 0 Å². The van der Waals surface area contributed by atoms with E-state index < -0.39 is 41.6 Å². The molecule has 5 aliphatic rings. The number of rotatable bonds is 2. The summed E-state index contributed by atoms with van der Waals surface area (Å²) in [6.07, 6.45) is 0.752. The highest BCUT2D eigenvalue weighted by atomic mass is 16.8. The smallest absolute Gasteiger partial charge is 0.317 e.